The molecule has 0 amide bonds. The van der Waals surface area contributed by atoms with Crippen LogP contribution in [-0.2, 0) is 13.0 Å². The third-order valence-corrected chi connectivity index (χ3v) is 4.79. The molecule has 0 radical (unpaired) electrons. The Balaban J connectivity index is 1.79. The van der Waals surface area contributed by atoms with Gasteiger partial charge in [-0.05, 0) is 43.4 Å². The van der Waals surface area contributed by atoms with Crippen molar-refractivity contribution in [2.24, 2.45) is 0 Å². The molecule has 0 aliphatic heterocycles. The molecule has 1 unspecified atom stereocenters. The highest BCUT2D eigenvalue weighted by Gasteiger charge is 2.20. The maximum absolute atomic E-state index is 4.16. The van der Waals surface area contributed by atoms with Gasteiger partial charge in [-0.3, -0.25) is 4.98 Å². The molecule has 0 saturated heterocycles. The third-order valence-electron chi connectivity index (χ3n) is 4.02. The van der Waals surface area contributed by atoms with E-state index in [1.54, 1.807) is 16.9 Å². The predicted molar refractivity (Wildman–Crippen MR) is 84.2 cm³/mol. The number of aromatic nitrogens is 2. The van der Waals surface area contributed by atoms with E-state index in [9.17, 15) is 0 Å². The largest absolute Gasteiger partial charge is 0.348 e. The van der Waals surface area contributed by atoms with Gasteiger partial charge in [-0.2, -0.15) is 0 Å². The van der Waals surface area contributed by atoms with Crippen LogP contribution < -0.4 is 5.32 Å². The summed E-state index contributed by atoms with van der Waals surface area (Å²) in [6.45, 7) is 4.31. The van der Waals surface area contributed by atoms with Crippen molar-refractivity contribution in [2.45, 2.75) is 51.6 Å². The number of thiazole rings is 1. The van der Waals surface area contributed by atoms with Crippen LogP contribution in [0.1, 0.15) is 54.7 Å². The lowest BCUT2D eigenvalue weighted by molar-refractivity contribution is 0.488. The SMILES string of the molecule is CCCNC1CCCCc2cn(Cc3cncs3)cc21. The van der Waals surface area contributed by atoms with E-state index in [1.807, 2.05) is 11.7 Å². The van der Waals surface area contributed by atoms with E-state index in [-0.39, 0.29) is 0 Å². The summed E-state index contributed by atoms with van der Waals surface area (Å²) in [4.78, 5) is 5.49. The van der Waals surface area contributed by atoms with Crippen molar-refractivity contribution in [1.82, 2.24) is 14.9 Å². The molecule has 1 aliphatic carbocycles. The number of fused-ring (bicyclic) bond motifs is 1. The van der Waals surface area contributed by atoms with Crippen LogP contribution in [0, 0.1) is 0 Å². The second kappa shape index (κ2) is 6.55. The average molecular weight is 289 g/mol. The van der Waals surface area contributed by atoms with Crippen molar-refractivity contribution in [1.29, 1.82) is 0 Å². The molecular weight excluding hydrogens is 266 g/mol. The van der Waals surface area contributed by atoms with E-state index in [0.717, 1.165) is 13.1 Å². The van der Waals surface area contributed by atoms with Crippen molar-refractivity contribution in [2.75, 3.05) is 6.54 Å². The first-order chi connectivity index (χ1) is 9.86. The number of hydrogen-bond donors (Lipinski definition) is 1. The van der Waals surface area contributed by atoms with E-state index in [0.29, 0.717) is 6.04 Å². The minimum absolute atomic E-state index is 0.551. The second-order valence-corrected chi connectivity index (χ2v) is 6.60. The van der Waals surface area contributed by atoms with Crippen LogP contribution in [-0.4, -0.2) is 16.1 Å². The van der Waals surface area contributed by atoms with Crippen molar-refractivity contribution in [3.05, 3.63) is 40.1 Å². The fraction of sp³-hybridized carbons (Fsp3) is 0.562. The van der Waals surface area contributed by atoms with Crippen molar-refractivity contribution >= 4 is 11.3 Å². The Kier molecular flexibility index (Phi) is 4.53. The summed E-state index contributed by atoms with van der Waals surface area (Å²) < 4.78 is 2.34. The summed E-state index contributed by atoms with van der Waals surface area (Å²) in [5, 5.41) is 3.72. The summed E-state index contributed by atoms with van der Waals surface area (Å²) in [5.74, 6) is 0. The quantitative estimate of drug-likeness (QED) is 0.849. The van der Waals surface area contributed by atoms with Crippen molar-refractivity contribution in [3.8, 4) is 0 Å². The van der Waals surface area contributed by atoms with Gasteiger partial charge >= 0.3 is 0 Å². The minimum atomic E-state index is 0.551. The first kappa shape index (κ1) is 13.8. The van der Waals surface area contributed by atoms with Crippen LogP contribution in [0.2, 0.25) is 0 Å². The molecule has 3 rings (SSSR count). The number of aryl methyl sites for hydroxylation is 1. The molecule has 2 aromatic heterocycles. The Labute approximate surface area is 125 Å². The van der Waals surface area contributed by atoms with Crippen LogP contribution in [0.25, 0.3) is 0 Å². The van der Waals surface area contributed by atoms with Gasteiger partial charge in [0, 0.05) is 29.5 Å². The van der Waals surface area contributed by atoms with E-state index < -0.39 is 0 Å². The van der Waals surface area contributed by atoms with E-state index >= 15 is 0 Å². The Morgan fingerprint density at radius 1 is 1.40 bits per heavy atom. The Morgan fingerprint density at radius 2 is 2.35 bits per heavy atom. The molecule has 20 heavy (non-hydrogen) atoms. The lowest BCUT2D eigenvalue weighted by Gasteiger charge is -2.16. The molecule has 3 nitrogen and oxygen atoms in total. The Bertz CT molecular complexity index is 530. The maximum Gasteiger partial charge on any atom is 0.0794 e. The molecule has 0 bridgehead atoms. The highest BCUT2D eigenvalue weighted by atomic mass is 32.1. The van der Waals surface area contributed by atoms with Crippen molar-refractivity contribution < 1.29 is 0 Å². The zero-order chi connectivity index (χ0) is 13.8. The lowest BCUT2D eigenvalue weighted by atomic mass is 10.0. The van der Waals surface area contributed by atoms with Gasteiger partial charge in [0.25, 0.3) is 0 Å². The molecule has 2 heterocycles. The normalized spacial score (nSPS) is 18.8. The molecule has 0 spiro atoms. The van der Waals surface area contributed by atoms with Crippen LogP contribution in [0.5, 0.6) is 0 Å². The zero-order valence-corrected chi connectivity index (χ0v) is 13.0. The van der Waals surface area contributed by atoms with Gasteiger partial charge < -0.3 is 9.88 Å². The molecule has 0 fully saturated rings. The fourth-order valence-electron chi connectivity index (χ4n) is 3.04. The van der Waals surface area contributed by atoms with Gasteiger partial charge in [-0.1, -0.05) is 13.3 Å². The van der Waals surface area contributed by atoms with Crippen LogP contribution in [0.4, 0.5) is 0 Å². The average Bonchev–Trinajstić information content (AvgIpc) is 3.05. The third kappa shape index (κ3) is 3.13. The van der Waals surface area contributed by atoms with Crippen molar-refractivity contribution in [3.63, 3.8) is 0 Å². The maximum atomic E-state index is 4.16. The molecule has 1 aliphatic rings. The molecule has 108 valence electrons. The minimum Gasteiger partial charge on any atom is -0.348 e. The Hall–Kier alpha value is -1.13. The zero-order valence-electron chi connectivity index (χ0n) is 12.1. The van der Waals surface area contributed by atoms with Crippen LogP contribution in [0.15, 0.2) is 24.1 Å². The summed E-state index contributed by atoms with van der Waals surface area (Å²) in [6, 6.07) is 0.551. The van der Waals surface area contributed by atoms with E-state index in [4.69, 9.17) is 0 Å². The standard InChI is InChI=1S/C16H23N3S/c1-2-7-18-16-6-4-3-5-13-9-19(11-15(13)16)10-14-8-17-12-20-14/h8-9,11-12,16,18H,2-7,10H2,1H3. The number of nitrogens with zero attached hydrogens (tertiary/aromatic N) is 2. The summed E-state index contributed by atoms with van der Waals surface area (Å²) in [5.41, 5.74) is 4.98. The molecule has 0 saturated carbocycles. The molecule has 2 aromatic rings. The molecule has 1 N–H and O–H groups in total. The first-order valence-electron chi connectivity index (χ1n) is 7.66. The molecule has 1 atom stereocenters. The fourth-order valence-corrected chi connectivity index (χ4v) is 3.64. The highest BCUT2D eigenvalue weighted by molar-refractivity contribution is 7.09. The number of rotatable bonds is 5. The lowest BCUT2D eigenvalue weighted by Crippen LogP contribution is -2.21. The Morgan fingerprint density at radius 3 is 3.15 bits per heavy atom. The smallest absolute Gasteiger partial charge is 0.0794 e. The van der Waals surface area contributed by atoms with Gasteiger partial charge in [0.15, 0.2) is 0 Å². The van der Waals surface area contributed by atoms with Crippen LogP contribution >= 0.6 is 11.3 Å². The topological polar surface area (TPSA) is 29.9 Å². The summed E-state index contributed by atoms with van der Waals surface area (Å²) >= 11 is 1.73. The van der Waals surface area contributed by atoms with E-state index in [2.05, 4.69) is 34.2 Å². The molecular formula is C16H23N3S. The monoisotopic (exact) mass is 289 g/mol. The highest BCUT2D eigenvalue weighted by Crippen LogP contribution is 2.30. The van der Waals surface area contributed by atoms with Gasteiger partial charge in [0.2, 0.25) is 0 Å². The number of hydrogen-bond acceptors (Lipinski definition) is 3. The van der Waals surface area contributed by atoms with E-state index in [1.165, 1.54) is 42.5 Å². The van der Waals surface area contributed by atoms with Gasteiger partial charge in [-0.25, -0.2) is 0 Å². The van der Waals surface area contributed by atoms with Crippen LogP contribution in [0.3, 0.4) is 0 Å². The summed E-state index contributed by atoms with van der Waals surface area (Å²) in [6.07, 6.45) is 13.0. The van der Waals surface area contributed by atoms with Gasteiger partial charge in [-0.15, -0.1) is 11.3 Å². The first-order valence-corrected chi connectivity index (χ1v) is 8.54. The predicted octanol–water partition coefficient (Wildman–Crippen LogP) is 3.76. The number of nitrogens with one attached hydrogen (secondary N) is 1. The molecule has 4 heteroatoms. The second-order valence-electron chi connectivity index (χ2n) is 5.63. The summed E-state index contributed by atoms with van der Waals surface area (Å²) in [7, 11) is 0. The van der Waals surface area contributed by atoms with Gasteiger partial charge in [0.1, 0.15) is 0 Å². The van der Waals surface area contributed by atoms with Gasteiger partial charge in [0.05, 0.1) is 12.1 Å². The molecule has 0 aromatic carbocycles.